The van der Waals surface area contributed by atoms with E-state index >= 15 is 0 Å². The van der Waals surface area contributed by atoms with E-state index in [0.717, 1.165) is 0 Å². The van der Waals surface area contributed by atoms with Gasteiger partial charge in [0.05, 0.1) is 7.11 Å². The second-order valence-corrected chi connectivity index (χ2v) is 7.23. The molecule has 0 heterocycles. The van der Waals surface area contributed by atoms with Gasteiger partial charge >= 0.3 is 0 Å². The summed E-state index contributed by atoms with van der Waals surface area (Å²) in [6, 6.07) is 4.32. The van der Waals surface area contributed by atoms with Crippen molar-refractivity contribution in [3.63, 3.8) is 0 Å². The Morgan fingerprint density at radius 2 is 1.90 bits per heavy atom. The van der Waals surface area contributed by atoms with Crippen LogP contribution in [0.4, 0.5) is 0 Å². The monoisotopic (exact) mass is 314 g/mol. The first-order valence-corrected chi connectivity index (χ1v) is 8.09. The average molecular weight is 314 g/mol. The zero-order valence-electron chi connectivity index (χ0n) is 13.0. The third-order valence-corrected chi connectivity index (χ3v) is 4.27. The number of sulfonamides is 1. The number of carbonyl (C=O) groups excluding carboxylic acids is 1. The Morgan fingerprint density at radius 1 is 1.29 bits per heavy atom. The lowest BCUT2D eigenvalue weighted by Gasteiger charge is -2.21. The molecule has 0 atom stereocenters. The molecular weight excluding hydrogens is 292 g/mol. The summed E-state index contributed by atoms with van der Waals surface area (Å²) in [7, 11) is -2.40. The maximum atomic E-state index is 12.4. The van der Waals surface area contributed by atoms with Crippen LogP contribution in [0, 0.1) is 0 Å². The average Bonchev–Trinajstić information content (AvgIpc) is 2.35. The standard InChI is InChI=1S/C14H22N2O4S/c1-6-15-13(17)10-7-8-11(20-5)12(9-10)21(18,19)16-14(2,3)4/h7-9,16H,6H2,1-5H3,(H,15,17). The first-order valence-electron chi connectivity index (χ1n) is 6.61. The molecule has 0 aliphatic carbocycles. The predicted octanol–water partition coefficient (Wildman–Crippen LogP) is 1.52. The van der Waals surface area contributed by atoms with Gasteiger partial charge in [-0.3, -0.25) is 4.79 Å². The van der Waals surface area contributed by atoms with Crippen molar-refractivity contribution in [1.29, 1.82) is 0 Å². The summed E-state index contributed by atoms with van der Waals surface area (Å²) in [6.07, 6.45) is 0. The molecule has 7 heteroatoms. The fourth-order valence-electron chi connectivity index (χ4n) is 1.75. The molecule has 0 saturated carbocycles. The maximum absolute atomic E-state index is 12.4. The van der Waals surface area contributed by atoms with Gasteiger partial charge in [0.15, 0.2) is 0 Å². The number of hydrogen-bond acceptors (Lipinski definition) is 4. The first kappa shape index (κ1) is 17.5. The summed E-state index contributed by atoms with van der Waals surface area (Å²) in [5, 5.41) is 2.63. The lowest BCUT2D eigenvalue weighted by atomic mass is 10.1. The van der Waals surface area contributed by atoms with Gasteiger partial charge in [0.1, 0.15) is 10.6 Å². The third-order valence-electron chi connectivity index (χ3n) is 2.49. The largest absolute Gasteiger partial charge is 0.495 e. The van der Waals surface area contributed by atoms with Gasteiger partial charge in [-0.1, -0.05) is 0 Å². The van der Waals surface area contributed by atoms with Crippen molar-refractivity contribution in [1.82, 2.24) is 10.0 Å². The fraction of sp³-hybridized carbons (Fsp3) is 0.500. The highest BCUT2D eigenvalue weighted by Gasteiger charge is 2.26. The number of rotatable bonds is 5. The molecule has 6 nitrogen and oxygen atoms in total. The zero-order valence-corrected chi connectivity index (χ0v) is 13.8. The van der Waals surface area contributed by atoms with Gasteiger partial charge in [-0.15, -0.1) is 0 Å². The first-order chi connectivity index (χ1) is 9.60. The number of methoxy groups -OCH3 is 1. The lowest BCUT2D eigenvalue weighted by molar-refractivity contribution is 0.0955. The molecular formula is C14H22N2O4S. The van der Waals surface area contributed by atoms with Crippen molar-refractivity contribution in [3.05, 3.63) is 23.8 Å². The summed E-state index contributed by atoms with van der Waals surface area (Å²) in [4.78, 5) is 11.8. The summed E-state index contributed by atoms with van der Waals surface area (Å²) in [5.41, 5.74) is -0.363. The van der Waals surface area contributed by atoms with Gasteiger partial charge in [0, 0.05) is 17.6 Å². The Morgan fingerprint density at radius 3 is 2.38 bits per heavy atom. The SMILES string of the molecule is CCNC(=O)c1ccc(OC)c(S(=O)(=O)NC(C)(C)C)c1. The Kier molecular flexibility index (Phi) is 5.36. The van der Waals surface area contributed by atoms with Gasteiger partial charge in [-0.2, -0.15) is 0 Å². The Bertz CT molecular complexity index is 618. The van der Waals surface area contributed by atoms with E-state index < -0.39 is 15.6 Å². The Hall–Kier alpha value is -1.60. The summed E-state index contributed by atoms with van der Waals surface area (Å²) < 4.78 is 32.5. The highest BCUT2D eigenvalue weighted by molar-refractivity contribution is 7.89. The molecule has 1 aromatic rings. The molecule has 118 valence electrons. The van der Waals surface area contributed by atoms with Gasteiger partial charge < -0.3 is 10.1 Å². The van der Waals surface area contributed by atoms with Crippen LogP contribution in [-0.4, -0.2) is 33.5 Å². The van der Waals surface area contributed by atoms with E-state index in [4.69, 9.17) is 4.74 Å². The van der Waals surface area contributed by atoms with Crippen molar-refractivity contribution < 1.29 is 17.9 Å². The van der Waals surface area contributed by atoms with E-state index in [-0.39, 0.29) is 22.1 Å². The molecule has 2 N–H and O–H groups in total. The predicted molar refractivity (Wildman–Crippen MR) is 81.1 cm³/mol. The van der Waals surface area contributed by atoms with E-state index in [0.29, 0.717) is 6.54 Å². The molecule has 0 saturated heterocycles. The number of ether oxygens (including phenoxy) is 1. The molecule has 1 aromatic carbocycles. The molecule has 1 rings (SSSR count). The molecule has 0 aliphatic heterocycles. The second-order valence-electron chi connectivity index (χ2n) is 5.58. The molecule has 21 heavy (non-hydrogen) atoms. The summed E-state index contributed by atoms with van der Waals surface area (Å²) in [6.45, 7) is 7.48. The molecule has 0 bridgehead atoms. The van der Waals surface area contributed by atoms with E-state index in [2.05, 4.69) is 10.0 Å². The normalized spacial score (nSPS) is 12.0. The van der Waals surface area contributed by atoms with Crippen molar-refractivity contribution in [2.45, 2.75) is 38.1 Å². The minimum atomic E-state index is -3.79. The number of carbonyl (C=O) groups is 1. The van der Waals surface area contributed by atoms with E-state index in [1.54, 1.807) is 27.7 Å². The number of nitrogens with one attached hydrogen (secondary N) is 2. The molecule has 0 radical (unpaired) electrons. The van der Waals surface area contributed by atoms with Crippen LogP contribution in [0.1, 0.15) is 38.1 Å². The van der Waals surface area contributed by atoms with Gasteiger partial charge in [-0.05, 0) is 45.9 Å². The van der Waals surface area contributed by atoms with Crippen LogP contribution in [0.5, 0.6) is 5.75 Å². The smallest absolute Gasteiger partial charge is 0.251 e. The van der Waals surface area contributed by atoms with Crippen molar-refractivity contribution in [2.24, 2.45) is 0 Å². The molecule has 0 aromatic heterocycles. The van der Waals surface area contributed by atoms with Crippen molar-refractivity contribution in [3.8, 4) is 5.75 Å². The number of benzene rings is 1. The highest BCUT2D eigenvalue weighted by Crippen LogP contribution is 2.26. The molecule has 0 spiro atoms. The summed E-state index contributed by atoms with van der Waals surface area (Å²) >= 11 is 0. The minimum Gasteiger partial charge on any atom is -0.495 e. The van der Waals surface area contributed by atoms with Gasteiger partial charge in [0.2, 0.25) is 10.0 Å². The molecule has 0 fully saturated rings. The quantitative estimate of drug-likeness (QED) is 0.863. The lowest BCUT2D eigenvalue weighted by Crippen LogP contribution is -2.40. The van der Waals surface area contributed by atoms with Crippen LogP contribution >= 0.6 is 0 Å². The van der Waals surface area contributed by atoms with E-state index in [1.165, 1.54) is 25.3 Å². The Labute approximate surface area is 125 Å². The third kappa shape index (κ3) is 4.71. The highest BCUT2D eigenvalue weighted by atomic mass is 32.2. The molecule has 0 aliphatic rings. The van der Waals surface area contributed by atoms with Crippen LogP contribution in [0.3, 0.4) is 0 Å². The van der Waals surface area contributed by atoms with Crippen LogP contribution in [0.25, 0.3) is 0 Å². The second kappa shape index (κ2) is 6.44. The fourth-order valence-corrected chi connectivity index (χ4v) is 3.36. The van der Waals surface area contributed by atoms with Gasteiger partial charge in [-0.25, -0.2) is 13.1 Å². The van der Waals surface area contributed by atoms with Crippen molar-refractivity contribution >= 4 is 15.9 Å². The van der Waals surface area contributed by atoms with Crippen molar-refractivity contribution in [2.75, 3.05) is 13.7 Å². The van der Waals surface area contributed by atoms with Gasteiger partial charge in [0.25, 0.3) is 5.91 Å². The van der Waals surface area contributed by atoms with Crippen LogP contribution in [0.15, 0.2) is 23.1 Å². The topological polar surface area (TPSA) is 84.5 Å². The van der Waals surface area contributed by atoms with E-state index in [9.17, 15) is 13.2 Å². The van der Waals surface area contributed by atoms with Crippen LogP contribution in [0.2, 0.25) is 0 Å². The Balaban J connectivity index is 3.32. The zero-order chi connectivity index (χ0) is 16.3. The number of hydrogen-bond donors (Lipinski definition) is 2. The molecule has 0 unspecified atom stereocenters. The van der Waals surface area contributed by atoms with Crippen LogP contribution in [-0.2, 0) is 10.0 Å². The maximum Gasteiger partial charge on any atom is 0.251 e. The molecule has 1 amide bonds. The van der Waals surface area contributed by atoms with Crippen LogP contribution < -0.4 is 14.8 Å². The number of amides is 1. The minimum absolute atomic E-state index is 0.0521. The van der Waals surface area contributed by atoms with E-state index in [1.807, 2.05) is 0 Å². The summed E-state index contributed by atoms with van der Waals surface area (Å²) in [5.74, 6) is -0.132.